The second-order valence-electron chi connectivity index (χ2n) is 3.07. The predicted octanol–water partition coefficient (Wildman–Crippen LogP) is 1.93. The van der Waals surface area contributed by atoms with Crippen molar-refractivity contribution in [1.29, 1.82) is 0 Å². The molecule has 72 valence electrons. The minimum atomic E-state index is -0.147. The fraction of sp³-hybridized carbons (Fsp3) is 0.273. The SMILES string of the molecule is [N-]=[N+]=CC(=O)CCC1C=CC=CC=C1. The third-order valence-corrected chi connectivity index (χ3v) is 1.98. The van der Waals surface area contributed by atoms with Crippen molar-refractivity contribution in [2.45, 2.75) is 12.8 Å². The molecule has 3 nitrogen and oxygen atoms in total. The normalized spacial score (nSPS) is 14.9. The van der Waals surface area contributed by atoms with E-state index in [4.69, 9.17) is 5.53 Å². The molecule has 0 aromatic rings. The Hall–Kier alpha value is -1.73. The van der Waals surface area contributed by atoms with Gasteiger partial charge in [0.15, 0.2) is 0 Å². The van der Waals surface area contributed by atoms with Crippen LogP contribution in [0.1, 0.15) is 12.8 Å². The van der Waals surface area contributed by atoms with Crippen molar-refractivity contribution in [3.05, 3.63) is 42.0 Å². The van der Waals surface area contributed by atoms with E-state index in [0.717, 1.165) is 12.6 Å². The number of allylic oxidation sites excluding steroid dienone is 6. The number of ketones is 1. The summed E-state index contributed by atoms with van der Waals surface area (Å²) in [5.41, 5.74) is 8.13. The second kappa shape index (κ2) is 5.84. The van der Waals surface area contributed by atoms with E-state index in [1.807, 2.05) is 36.5 Å². The first kappa shape index (κ1) is 10.4. The van der Waals surface area contributed by atoms with E-state index in [1.54, 1.807) is 0 Å². The van der Waals surface area contributed by atoms with Gasteiger partial charge < -0.3 is 5.53 Å². The van der Waals surface area contributed by atoms with Gasteiger partial charge in [-0.25, -0.2) is 0 Å². The number of nitrogens with zero attached hydrogens (tertiary/aromatic N) is 2. The molecule has 1 rings (SSSR count). The monoisotopic (exact) mass is 188 g/mol. The van der Waals surface area contributed by atoms with Gasteiger partial charge in [-0.1, -0.05) is 36.5 Å². The Morgan fingerprint density at radius 1 is 1.29 bits per heavy atom. The molecule has 3 heteroatoms. The zero-order valence-electron chi connectivity index (χ0n) is 7.84. The van der Waals surface area contributed by atoms with Gasteiger partial charge in [-0.05, 0) is 12.3 Å². The van der Waals surface area contributed by atoms with Gasteiger partial charge in [-0.2, -0.15) is 4.79 Å². The molecule has 0 aromatic heterocycles. The van der Waals surface area contributed by atoms with Crippen LogP contribution in [0.5, 0.6) is 0 Å². The Kier molecular flexibility index (Phi) is 4.32. The standard InChI is InChI=1S/C11H12N2O/c12-13-9-11(14)8-7-10-5-3-1-2-4-6-10/h1-6,9-10H,7-8H2. The Balaban J connectivity index is 2.38. The summed E-state index contributed by atoms with van der Waals surface area (Å²) in [7, 11) is 0. The summed E-state index contributed by atoms with van der Waals surface area (Å²) in [5.74, 6) is 0.146. The van der Waals surface area contributed by atoms with Crippen molar-refractivity contribution >= 4 is 12.0 Å². The van der Waals surface area contributed by atoms with Gasteiger partial charge in [0.25, 0.3) is 0 Å². The zero-order valence-corrected chi connectivity index (χ0v) is 7.84. The Bertz CT molecular complexity index is 317. The molecular weight excluding hydrogens is 176 g/mol. The first-order valence-corrected chi connectivity index (χ1v) is 4.55. The van der Waals surface area contributed by atoms with Crippen LogP contribution in [0.25, 0.3) is 5.53 Å². The maximum atomic E-state index is 11.0. The lowest BCUT2D eigenvalue weighted by Gasteiger charge is -2.02. The largest absolute Gasteiger partial charge is 0.361 e. The Morgan fingerprint density at radius 3 is 2.50 bits per heavy atom. The van der Waals surface area contributed by atoms with Crippen molar-refractivity contribution in [3.63, 3.8) is 0 Å². The molecule has 0 amide bonds. The van der Waals surface area contributed by atoms with Crippen LogP contribution in [-0.2, 0) is 4.79 Å². The molecule has 0 N–H and O–H groups in total. The minimum Gasteiger partial charge on any atom is -0.361 e. The molecule has 0 bridgehead atoms. The predicted molar refractivity (Wildman–Crippen MR) is 54.8 cm³/mol. The van der Waals surface area contributed by atoms with Crippen molar-refractivity contribution in [2.75, 3.05) is 0 Å². The quantitative estimate of drug-likeness (QED) is 0.378. The van der Waals surface area contributed by atoms with E-state index in [0.29, 0.717) is 12.3 Å². The van der Waals surface area contributed by atoms with Crippen LogP contribution in [0, 0.1) is 5.92 Å². The number of carbonyl (C=O) groups is 1. The average Bonchev–Trinajstić information content (AvgIpc) is 2.43. The van der Waals surface area contributed by atoms with Crippen LogP contribution in [0.15, 0.2) is 36.5 Å². The lowest BCUT2D eigenvalue weighted by molar-refractivity contribution is -0.116. The summed E-state index contributed by atoms with van der Waals surface area (Å²) in [5, 5.41) is 0. The van der Waals surface area contributed by atoms with Gasteiger partial charge in [0.2, 0.25) is 5.78 Å². The van der Waals surface area contributed by atoms with Crippen LogP contribution in [0.4, 0.5) is 0 Å². The van der Waals surface area contributed by atoms with Crippen molar-refractivity contribution in [3.8, 4) is 0 Å². The average molecular weight is 188 g/mol. The van der Waals surface area contributed by atoms with E-state index < -0.39 is 0 Å². The van der Waals surface area contributed by atoms with Gasteiger partial charge in [0, 0.05) is 6.42 Å². The minimum absolute atomic E-state index is 0.147. The van der Waals surface area contributed by atoms with Gasteiger partial charge in [0.05, 0.1) is 0 Å². The van der Waals surface area contributed by atoms with E-state index in [1.165, 1.54) is 0 Å². The second-order valence-corrected chi connectivity index (χ2v) is 3.07. The molecule has 0 spiro atoms. The van der Waals surface area contributed by atoms with Crippen LogP contribution in [0.2, 0.25) is 0 Å². The number of rotatable bonds is 4. The number of Topliss-reactive ketones (excluding diaryl/α,β-unsaturated/α-hetero) is 1. The van der Waals surface area contributed by atoms with Gasteiger partial charge in [-0.3, -0.25) is 4.79 Å². The lowest BCUT2D eigenvalue weighted by atomic mass is 10.0. The van der Waals surface area contributed by atoms with Crippen LogP contribution < -0.4 is 0 Å². The molecule has 1 aliphatic rings. The molecule has 0 saturated heterocycles. The molecule has 1 aliphatic carbocycles. The highest BCUT2D eigenvalue weighted by Crippen LogP contribution is 2.12. The number of hydrogen-bond acceptors (Lipinski definition) is 1. The molecule has 0 fully saturated rings. The molecule has 0 heterocycles. The fourth-order valence-electron chi connectivity index (χ4n) is 1.24. The third kappa shape index (κ3) is 3.78. The first-order chi connectivity index (χ1) is 6.83. The fourth-order valence-corrected chi connectivity index (χ4v) is 1.24. The smallest absolute Gasteiger partial charge is 0.323 e. The zero-order chi connectivity index (χ0) is 10.2. The molecular formula is C11H12N2O. The maximum absolute atomic E-state index is 11.0. The van der Waals surface area contributed by atoms with Crippen LogP contribution in [-0.4, -0.2) is 16.8 Å². The molecule has 0 atom stereocenters. The van der Waals surface area contributed by atoms with E-state index in [-0.39, 0.29) is 5.78 Å². The molecule has 0 radical (unpaired) electrons. The lowest BCUT2D eigenvalue weighted by Crippen LogP contribution is -2.02. The van der Waals surface area contributed by atoms with Crippen molar-refractivity contribution < 1.29 is 9.58 Å². The maximum Gasteiger partial charge on any atom is 0.323 e. The third-order valence-electron chi connectivity index (χ3n) is 1.98. The Labute approximate surface area is 83.1 Å². The molecule has 0 aromatic carbocycles. The van der Waals surface area contributed by atoms with Gasteiger partial charge in [-0.15, -0.1) is 0 Å². The summed E-state index contributed by atoms with van der Waals surface area (Å²) in [6.45, 7) is 0. The van der Waals surface area contributed by atoms with Crippen molar-refractivity contribution in [1.82, 2.24) is 0 Å². The van der Waals surface area contributed by atoms with Gasteiger partial charge in [0.1, 0.15) is 0 Å². The highest BCUT2D eigenvalue weighted by atomic mass is 16.1. The first-order valence-electron chi connectivity index (χ1n) is 4.55. The topological polar surface area (TPSA) is 53.5 Å². The highest BCUT2D eigenvalue weighted by Gasteiger charge is 2.06. The van der Waals surface area contributed by atoms with Crippen LogP contribution in [0.3, 0.4) is 0 Å². The van der Waals surface area contributed by atoms with Gasteiger partial charge >= 0.3 is 6.21 Å². The summed E-state index contributed by atoms with van der Waals surface area (Å²) in [4.78, 5) is 13.7. The molecule has 0 aliphatic heterocycles. The molecule has 0 saturated carbocycles. The summed E-state index contributed by atoms with van der Waals surface area (Å²) in [6.07, 6.45) is 14.0. The van der Waals surface area contributed by atoms with Crippen molar-refractivity contribution in [2.24, 2.45) is 5.92 Å². The Morgan fingerprint density at radius 2 is 1.93 bits per heavy atom. The summed E-state index contributed by atoms with van der Waals surface area (Å²) >= 11 is 0. The number of carbonyl (C=O) groups excluding carboxylic acids is 1. The summed E-state index contributed by atoms with van der Waals surface area (Å²) < 4.78 is 0. The van der Waals surface area contributed by atoms with E-state index in [2.05, 4.69) is 4.79 Å². The molecule has 0 unspecified atom stereocenters. The summed E-state index contributed by atoms with van der Waals surface area (Å²) in [6, 6.07) is 0. The van der Waals surface area contributed by atoms with E-state index >= 15 is 0 Å². The highest BCUT2D eigenvalue weighted by molar-refractivity contribution is 6.25. The van der Waals surface area contributed by atoms with E-state index in [9.17, 15) is 4.79 Å². The number of hydrogen-bond donors (Lipinski definition) is 0. The molecule has 14 heavy (non-hydrogen) atoms. The van der Waals surface area contributed by atoms with Crippen LogP contribution >= 0.6 is 0 Å².